The maximum absolute atomic E-state index is 11.4. The van der Waals surface area contributed by atoms with Crippen LogP contribution in [0.25, 0.3) is 0 Å². The number of aromatic amines is 1. The molecule has 0 bridgehead atoms. The van der Waals surface area contributed by atoms with Crippen molar-refractivity contribution in [2.24, 2.45) is 10.2 Å². The van der Waals surface area contributed by atoms with E-state index < -0.39 is 5.97 Å². The van der Waals surface area contributed by atoms with E-state index in [4.69, 9.17) is 0 Å². The number of nitrogens with one attached hydrogen (secondary N) is 1. The molecule has 21 heavy (non-hydrogen) atoms. The molecule has 0 aliphatic heterocycles. The van der Waals surface area contributed by atoms with Crippen molar-refractivity contribution in [2.75, 3.05) is 18.0 Å². The molecule has 1 aromatic carbocycles. The third-order valence-corrected chi connectivity index (χ3v) is 2.92. The number of aromatic nitrogens is 4. The van der Waals surface area contributed by atoms with Gasteiger partial charge >= 0.3 is 11.9 Å². The molecule has 0 amide bonds. The van der Waals surface area contributed by atoms with Crippen LogP contribution in [0.1, 0.15) is 24.2 Å². The molecule has 2 N–H and O–H groups in total. The number of hydrogen-bond donors (Lipinski definition) is 2. The molecule has 0 unspecified atom stereocenters. The van der Waals surface area contributed by atoms with Gasteiger partial charge in [-0.1, -0.05) is 5.10 Å². The van der Waals surface area contributed by atoms with E-state index in [-0.39, 0.29) is 17.2 Å². The highest BCUT2D eigenvalue weighted by molar-refractivity contribution is 5.94. The van der Waals surface area contributed by atoms with Crippen molar-refractivity contribution in [1.29, 1.82) is 0 Å². The minimum atomic E-state index is -1.06. The number of benzene rings is 1. The Balaban J connectivity index is 2.35. The van der Waals surface area contributed by atoms with E-state index in [2.05, 4.69) is 30.9 Å². The number of anilines is 1. The van der Waals surface area contributed by atoms with Gasteiger partial charge in [0.15, 0.2) is 0 Å². The Hall–Kier alpha value is -2.84. The van der Waals surface area contributed by atoms with E-state index in [0.717, 1.165) is 18.8 Å². The van der Waals surface area contributed by atoms with Crippen molar-refractivity contribution in [2.45, 2.75) is 13.8 Å². The summed E-state index contributed by atoms with van der Waals surface area (Å²) in [5, 5.41) is 29.7. The summed E-state index contributed by atoms with van der Waals surface area (Å²) in [7, 11) is 0. The average molecular weight is 289 g/mol. The molecule has 9 heteroatoms. The van der Waals surface area contributed by atoms with Crippen LogP contribution in [0.4, 0.5) is 17.3 Å². The molecule has 110 valence electrons. The van der Waals surface area contributed by atoms with Gasteiger partial charge in [-0.25, -0.2) is 4.79 Å². The molecular formula is C12H15N7O2. The van der Waals surface area contributed by atoms with Gasteiger partial charge in [-0.15, -0.1) is 15.3 Å². The Bertz CT molecular complexity index is 635. The number of rotatable bonds is 6. The highest BCUT2D eigenvalue weighted by Gasteiger charge is 2.13. The second kappa shape index (κ2) is 6.55. The Morgan fingerprint density at radius 2 is 2.10 bits per heavy atom. The Morgan fingerprint density at radius 3 is 2.67 bits per heavy atom. The molecule has 9 nitrogen and oxygen atoms in total. The molecular weight excluding hydrogens is 274 g/mol. The molecule has 1 heterocycles. The fourth-order valence-corrected chi connectivity index (χ4v) is 1.87. The highest BCUT2D eigenvalue weighted by Crippen LogP contribution is 2.26. The van der Waals surface area contributed by atoms with E-state index in [9.17, 15) is 9.90 Å². The molecule has 0 atom stereocenters. The third-order valence-electron chi connectivity index (χ3n) is 2.92. The van der Waals surface area contributed by atoms with E-state index in [1.165, 1.54) is 0 Å². The number of carboxylic acids is 1. The van der Waals surface area contributed by atoms with Crippen LogP contribution in [0.5, 0.6) is 0 Å². The normalized spacial score (nSPS) is 11.0. The molecule has 2 aromatic rings. The Morgan fingerprint density at radius 1 is 1.33 bits per heavy atom. The molecule has 0 aliphatic carbocycles. The van der Waals surface area contributed by atoms with Crippen LogP contribution in [-0.2, 0) is 0 Å². The zero-order valence-electron chi connectivity index (χ0n) is 11.7. The van der Waals surface area contributed by atoms with Gasteiger partial charge in [0.1, 0.15) is 5.69 Å². The SMILES string of the molecule is CCN(CC)c1ccc(N=Nc2nn[nH]n2)c(C(=O)O)c1. The van der Waals surface area contributed by atoms with Gasteiger partial charge in [0.25, 0.3) is 0 Å². The first-order valence-corrected chi connectivity index (χ1v) is 6.43. The highest BCUT2D eigenvalue weighted by atomic mass is 16.4. The van der Waals surface area contributed by atoms with Crippen molar-refractivity contribution in [3.05, 3.63) is 23.8 Å². The minimum absolute atomic E-state index is 0.0409. The molecule has 0 saturated carbocycles. The van der Waals surface area contributed by atoms with Crippen LogP contribution < -0.4 is 4.90 Å². The lowest BCUT2D eigenvalue weighted by Gasteiger charge is -2.21. The molecule has 0 aliphatic rings. The van der Waals surface area contributed by atoms with Crippen LogP contribution >= 0.6 is 0 Å². The standard InChI is InChI=1S/C12H15N7O2/c1-3-19(4-2)8-5-6-10(9(7-8)11(20)21)13-14-12-15-17-18-16-12/h5-7H,3-4H2,1-2H3,(H,20,21)(H,15,16,17,18). The van der Waals surface area contributed by atoms with Crippen LogP contribution in [-0.4, -0.2) is 44.8 Å². The summed E-state index contributed by atoms with van der Waals surface area (Å²) in [6, 6.07) is 5.00. The molecule has 0 fully saturated rings. The molecule has 0 radical (unpaired) electrons. The summed E-state index contributed by atoms with van der Waals surface area (Å²) in [5.41, 5.74) is 1.14. The maximum Gasteiger partial charge on any atom is 0.338 e. The molecule has 0 spiro atoms. The van der Waals surface area contributed by atoms with Crippen LogP contribution in [0.15, 0.2) is 28.4 Å². The number of hydrogen-bond acceptors (Lipinski definition) is 7. The van der Waals surface area contributed by atoms with Gasteiger partial charge < -0.3 is 10.0 Å². The number of H-pyrrole nitrogens is 1. The quantitative estimate of drug-likeness (QED) is 0.786. The van der Waals surface area contributed by atoms with Crippen molar-refractivity contribution < 1.29 is 9.90 Å². The number of nitrogens with zero attached hydrogens (tertiary/aromatic N) is 6. The van der Waals surface area contributed by atoms with Gasteiger partial charge in [-0.05, 0) is 37.3 Å². The number of carboxylic acid groups (broad SMARTS) is 1. The van der Waals surface area contributed by atoms with Crippen LogP contribution in [0.3, 0.4) is 0 Å². The van der Waals surface area contributed by atoms with Gasteiger partial charge in [0, 0.05) is 18.8 Å². The van der Waals surface area contributed by atoms with Gasteiger partial charge in [0.2, 0.25) is 0 Å². The van der Waals surface area contributed by atoms with E-state index >= 15 is 0 Å². The van der Waals surface area contributed by atoms with Crippen molar-refractivity contribution in [3.63, 3.8) is 0 Å². The van der Waals surface area contributed by atoms with Gasteiger partial charge in [-0.2, -0.15) is 5.21 Å². The minimum Gasteiger partial charge on any atom is -0.478 e. The van der Waals surface area contributed by atoms with Crippen LogP contribution in [0.2, 0.25) is 0 Å². The fraction of sp³-hybridized carbons (Fsp3) is 0.333. The largest absolute Gasteiger partial charge is 0.478 e. The summed E-state index contributed by atoms with van der Waals surface area (Å²) < 4.78 is 0. The van der Waals surface area contributed by atoms with Crippen molar-refractivity contribution in [3.8, 4) is 0 Å². The van der Waals surface area contributed by atoms with E-state index in [1.807, 2.05) is 24.8 Å². The zero-order valence-corrected chi connectivity index (χ0v) is 11.7. The molecule has 0 saturated heterocycles. The first-order valence-electron chi connectivity index (χ1n) is 6.43. The second-order valence-corrected chi connectivity index (χ2v) is 4.09. The summed E-state index contributed by atoms with van der Waals surface area (Å²) in [4.78, 5) is 13.4. The number of azo groups is 1. The topological polar surface area (TPSA) is 120 Å². The summed E-state index contributed by atoms with van der Waals surface area (Å²) in [5.74, 6) is -1.02. The van der Waals surface area contributed by atoms with Gasteiger partial charge in [-0.3, -0.25) is 0 Å². The smallest absolute Gasteiger partial charge is 0.338 e. The van der Waals surface area contributed by atoms with Crippen molar-refractivity contribution >= 4 is 23.3 Å². The average Bonchev–Trinajstić information content (AvgIpc) is 3.00. The second-order valence-electron chi connectivity index (χ2n) is 4.09. The zero-order chi connectivity index (χ0) is 15.2. The van der Waals surface area contributed by atoms with Crippen molar-refractivity contribution in [1.82, 2.24) is 20.6 Å². The van der Waals surface area contributed by atoms with E-state index in [1.54, 1.807) is 12.1 Å². The molecule has 1 aromatic heterocycles. The lowest BCUT2D eigenvalue weighted by molar-refractivity contribution is 0.0698. The first kappa shape index (κ1) is 14.6. The van der Waals surface area contributed by atoms with E-state index in [0.29, 0.717) is 0 Å². The number of carbonyl (C=O) groups is 1. The number of aromatic carboxylic acids is 1. The predicted molar refractivity (Wildman–Crippen MR) is 75.3 cm³/mol. The van der Waals surface area contributed by atoms with Gasteiger partial charge in [0.05, 0.1) is 5.56 Å². The lowest BCUT2D eigenvalue weighted by atomic mass is 10.1. The maximum atomic E-state index is 11.4. The summed E-state index contributed by atoms with van der Waals surface area (Å²) in [6.45, 7) is 5.60. The lowest BCUT2D eigenvalue weighted by Crippen LogP contribution is -2.22. The Kier molecular flexibility index (Phi) is 4.54. The number of tetrazole rings is 1. The third kappa shape index (κ3) is 3.38. The van der Waals surface area contributed by atoms with Crippen LogP contribution in [0, 0.1) is 0 Å². The Labute approximate surface area is 120 Å². The molecule has 2 rings (SSSR count). The summed E-state index contributed by atoms with van der Waals surface area (Å²) >= 11 is 0. The first-order chi connectivity index (χ1) is 10.2. The monoisotopic (exact) mass is 289 g/mol. The predicted octanol–water partition coefficient (Wildman–Crippen LogP) is 2.16. The summed E-state index contributed by atoms with van der Waals surface area (Å²) in [6.07, 6.45) is 0. The fourth-order valence-electron chi connectivity index (χ4n) is 1.87.